The minimum atomic E-state index is -0.667. The van der Waals surface area contributed by atoms with E-state index in [1.807, 2.05) is 0 Å². The Morgan fingerprint density at radius 2 is 1.81 bits per heavy atom. The van der Waals surface area contributed by atoms with Crippen molar-refractivity contribution in [1.29, 1.82) is 0 Å². The summed E-state index contributed by atoms with van der Waals surface area (Å²) in [6, 6.07) is 7.83. The number of carbonyl (C=O) groups is 1. The van der Waals surface area contributed by atoms with Gasteiger partial charge in [0.2, 0.25) is 0 Å². The molecule has 2 aromatic carbocycles. The predicted octanol–water partition coefficient (Wildman–Crippen LogP) is 3.86. The zero-order chi connectivity index (χ0) is 15.6. The topological polar surface area (TPSA) is 92.5 Å². The fourth-order valence-electron chi connectivity index (χ4n) is 1.59. The Bertz CT molecular complexity index is 717. The maximum absolute atomic E-state index is 12.1. The Morgan fingerprint density at radius 3 is 2.38 bits per heavy atom. The van der Waals surface area contributed by atoms with E-state index in [9.17, 15) is 14.9 Å². The van der Waals surface area contributed by atoms with Crippen molar-refractivity contribution < 1.29 is 14.8 Å². The van der Waals surface area contributed by atoms with Crippen LogP contribution < -0.4 is 5.32 Å². The number of halogens is 2. The number of anilines is 1. The quantitative estimate of drug-likeness (QED) is 0.508. The maximum atomic E-state index is 12.1. The highest BCUT2D eigenvalue weighted by Gasteiger charge is 2.19. The summed E-state index contributed by atoms with van der Waals surface area (Å²) in [5, 5.41) is 22.3. The Balaban J connectivity index is 2.34. The van der Waals surface area contributed by atoms with Crippen molar-refractivity contribution in [1.82, 2.24) is 0 Å². The number of amides is 1. The van der Waals surface area contributed by atoms with Crippen LogP contribution in [0.3, 0.4) is 0 Å². The molecular formula is C13H8Cl2N2O4. The van der Waals surface area contributed by atoms with Gasteiger partial charge in [0.1, 0.15) is 5.75 Å². The lowest BCUT2D eigenvalue weighted by Crippen LogP contribution is -2.13. The van der Waals surface area contributed by atoms with Crippen molar-refractivity contribution in [3.05, 3.63) is 62.1 Å². The number of non-ortho nitro benzene ring substituents is 1. The van der Waals surface area contributed by atoms with Crippen molar-refractivity contribution in [2.45, 2.75) is 0 Å². The fraction of sp³-hybridized carbons (Fsp3) is 0. The molecule has 108 valence electrons. The lowest BCUT2D eigenvalue weighted by atomic mass is 10.1. The second-order valence-electron chi connectivity index (χ2n) is 4.05. The molecule has 0 aliphatic carbocycles. The third-order valence-corrected chi connectivity index (χ3v) is 3.40. The van der Waals surface area contributed by atoms with Crippen LogP contribution >= 0.6 is 23.2 Å². The smallest absolute Gasteiger partial charge is 0.271 e. The second-order valence-corrected chi connectivity index (χ2v) is 4.83. The molecule has 0 fully saturated rings. The predicted molar refractivity (Wildman–Crippen MR) is 79.2 cm³/mol. The Labute approximate surface area is 129 Å². The number of hydrogen-bond acceptors (Lipinski definition) is 4. The molecule has 0 heterocycles. The lowest BCUT2D eigenvalue weighted by molar-refractivity contribution is -0.384. The van der Waals surface area contributed by atoms with Gasteiger partial charge in [0.15, 0.2) is 0 Å². The molecule has 6 nitrogen and oxygen atoms in total. The molecule has 0 bridgehead atoms. The molecule has 0 spiro atoms. The molecule has 0 aromatic heterocycles. The summed E-state index contributed by atoms with van der Waals surface area (Å²) in [6.07, 6.45) is 0. The van der Waals surface area contributed by atoms with Crippen LogP contribution in [0.1, 0.15) is 10.4 Å². The number of phenols is 1. The van der Waals surface area contributed by atoms with Crippen LogP contribution in [0.15, 0.2) is 36.4 Å². The number of rotatable bonds is 3. The van der Waals surface area contributed by atoms with E-state index in [0.717, 1.165) is 12.1 Å². The molecule has 8 heteroatoms. The summed E-state index contributed by atoms with van der Waals surface area (Å²) in [4.78, 5) is 22.2. The van der Waals surface area contributed by atoms with Crippen LogP contribution in [0.2, 0.25) is 10.0 Å². The third-order valence-electron chi connectivity index (χ3n) is 2.59. The standard InChI is InChI=1S/C13H8Cl2N2O4/c14-11-6-8(17(20)21)5-10(12(11)15)13(19)16-7-1-3-9(18)4-2-7/h1-6,18H,(H,16,19). The van der Waals surface area contributed by atoms with Gasteiger partial charge in [0.05, 0.1) is 20.5 Å². The molecule has 2 rings (SSSR count). The summed E-state index contributed by atoms with van der Waals surface area (Å²) in [5.41, 5.74) is -0.0410. The highest BCUT2D eigenvalue weighted by Crippen LogP contribution is 2.31. The first kappa shape index (κ1) is 15.1. The molecule has 1 amide bonds. The number of benzene rings is 2. The van der Waals surface area contributed by atoms with Crippen molar-refractivity contribution in [2.24, 2.45) is 0 Å². The zero-order valence-corrected chi connectivity index (χ0v) is 11.9. The minimum Gasteiger partial charge on any atom is -0.508 e. The number of phenolic OH excluding ortho intramolecular Hbond substituents is 1. The summed E-state index contributed by atoms with van der Waals surface area (Å²) < 4.78 is 0. The molecule has 0 saturated carbocycles. The first-order valence-corrected chi connectivity index (χ1v) is 6.38. The molecular weight excluding hydrogens is 319 g/mol. The van der Waals surface area contributed by atoms with E-state index in [1.54, 1.807) is 0 Å². The summed E-state index contributed by atoms with van der Waals surface area (Å²) in [7, 11) is 0. The van der Waals surface area contributed by atoms with Crippen LogP contribution in [-0.4, -0.2) is 15.9 Å². The summed E-state index contributed by atoms with van der Waals surface area (Å²) in [5.74, 6) is -0.597. The number of aromatic hydroxyl groups is 1. The highest BCUT2D eigenvalue weighted by molar-refractivity contribution is 6.44. The average molecular weight is 327 g/mol. The van der Waals surface area contributed by atoms with E-state index in [0.29, 0.717) is 5.69 Å². The molecule has 21 heavy (non-hydrogen) atoms. The van der Waals surface area contributed by atoms with Crippen molar-refractivity contribution in [3.63, 3.8) is 0 Å². The normalized spacial score (nSPS) is 10.2. The molecule has 2 N–H and O–H groups in total. The monoisotopic (exact) mass is 326 g/mol. The van der Waals surface area contributed by atoms with E-state index in [-0.39, 0.29) is 27.0 Å². The first-order valence-electron chi connectivity index (χ1n) is 5.62. The van der Waals surface area contributed by atoms with Crippen LogP contribution in [-0.2, 0) is 0 Å². The SMILES string of the molecule is O=C(Nc1ccc(O)cc1)c1cc([N+](=O)[O-])cc(Cl)c1Cl. The Hall–Kier alpha value is -2.31. The number of nitrogens with one attached hydrogen (secondary N) is 1. The molecule has 0 unspecified atom stereocenters. The van der Waals surface area contributed by atoms with Crippen molar-refractivity contribution in [2.75, 3.05) is 5.32 Å². The zero-order valence-electron chi connectivity index (χ0n) is 10.3. The van der Waals surface area contributed by atoms with Crippen LogP contribution in [0.25, 0.3) is 0 Å². The van der Waals surface area contributed by atoms with E-state index in [4.69, 9.17) is 28.3 Å². The van der Waals surface area contributed by atoms with Gasteiger partial charge in [-0.25, -0.2) is 0 Å². The minimum absolute atomic E-state index is 0.0458. The Kier molecular flexibility index (Phi) is 4.30. The molecule has 0 saturated heterocycles. The van der Waals surface area contributed by atoms with Gasteiger partial charge < -0.3 is 10.4 Å². The van der Waals surface area contributed by atoms with E-state index < -0.39 is 10.8 Å². The second kappa shape index (κ2) is 5.99. The number of hydrogen-bond donors (Lipinski definition) is 2. The fourth-order valence-corrected chi connectivity index (χ4v) is 2.00. The van der Waals surface area contributed by atoms with Gasteiger partial charge >= 0.3 is 0 Å². The summed E-state index contributed by atoms with van der Waals surface area (Å²) >= 11 is 11.7. The van der Waals surface area contributed by atoms with E-state index in [1.165, 1.54) is 24.3 Å². The van der Waals surface area contributed by atoms with Gasteiger partial charge in [-0.2, -0.15) is 0 Å². The number of carbonyl (C=O) groups excluding carboxylic acids is 1. The van der Waals surface area contributed by atoms with Crippen molar-refractivity contribution >= 4 is 40.5 Å². The van der Waals surface area contributed by atoms with Crippen LogP contribution in [0.4, 0.5) is 11.4 Å². The lowest BCUT2D eigenvalue weighted by Gasteiger charge is -2.08. The van der Waals surface area contributed by atoms with Gasteiger partial charge in [-0.1, -0.05) is 23.2 Å². The van der Waals surface area contributed by atoms with Crippen LogP contribution in [0.5, 0.6) is 5.75 Å². The number of nitro benzene ring substituents is 1. The summed E-state index contributed by atoms with van der Waals surface area (Å²) in [6.45, 7) is 0. The molecule has 0 aliphatic rings. The van der Waals surface area contributed by atoms with Gasteiger partial charge in [-0.05, 0) is 24.3 Å². The van der Waals surface area contributed by atoms with Gasteiger partial charge in [0, 0.05) is 17.8 Å². The van der Waals surface area contributed by atoms with Gasteiger partial charge in [-0.3, -0.25) is 14.9 Å². The molecule has 2 aromatic rings. The maximum Gasteiger partial charge on any atom is 0.271 e. The highest BCUT2D eigenvalue weighted by atomic mass is 35.5. The number of nitrogens with zero attached hydrogens (tertiary/aromatic N) is 1. The van der Waals surface area contributed by atoms with E-state index in [2.05, 4.69) is 5.32 Å². The third kappa shape index (κ3) is 3.42. The first-order chi connectivity index (χ1) is 9.88. The number of nitro groups is 1. The molecule has 0 atom stereocenters. The average Bonchev–Trinajstić information content (AvgIpc) is 2.43. The van der Waals surface area contributed by atoms with E-state index >= 15 is 0 Å². The molecule has 0 radical (unpaired) electrons. The Morgan fingerprint density at radius 1 is 1.19 bits per heavy atom. The largest absolute Gasteiger partial charge is 0.508 e. The van der Waals surface area contributed by atoms with Crippen LogP contribution in [0, 0.1) is 10.1 Å². The van der Waals surface area contributed by atoms with Crippen molar-refractivity contribution in [3.8, 4) is 5.75 Å². The van der Waals surface area contributed by atoms with Gasteiger partial charge in [0.25, 0.3) is 11.6 Å². The molecule has 0 aliphatic heterocycles. The van der Waals surface area contributed by atoms with Gasteiger partial charge in [-0.15, -0.1) is 0 Å².